The molecule has 7 amide bonds. The SMILES string of the molecule is CC[C@@H](C)[C@@H](ONC(=O)[C@H](ONC(=O)[C@@H](Cc1ccccc1)ONC(=O)[C@@H](Cc1ccccc1)ONC(=O)OCc1ccccc1)[C@H](C)CC)C(=O)NO[C@H](CC(C)C)C(=O)NO[C@H](CC(C)C)C(N)=O. The fraction of sp³-hybridized carbons (Fsp3) is 0.500. The monoisotopic (exact) mass is 994 g/mol. The van der Waals surface area contributed by atoms with Gasteiger partial charge in [0.15, 0.2) is 36.6 Å². The van der Waals surface area contributed by atoms with E-state index in [0.29, 0.717) is 24.0 Å². The average molecular weight is 994 g/mol. The van der Waals surface area contributed by atoms with Crippen molar-refractivity contribution in [2.24, 2.45) is 29.4 Å². The molecule has 71 heavy (non-hydrogen) atoms. The van der Waals surface area contributed by atoms with Gasteiger partial charge in [-0.25, -0.2) is 32.2 Å². The van der Waals surface area contributed by atoms with Crippen molar-refractivity contribution in [2.75, 3.05) is 0 Å². The summed E-state index contributed by atoms with van der Waals surface area (Å²) in [5.41, 5.74) is 21.0. The molecule has 0 unspecified atom stereocenters. The highest BCUT2D eigenvalue weighted by atomic mass is 16.7. The van der Waals surface area contributed by atoms with Gasteiger partial charge in [0.2, 0.25) is 5.91 Å². The van der Waals surface area contributed by atoms with E-state index in [1.165, 1.54) is 0 Å². The number of carbonyl (C=O) groups is 7. The third kappa shape index (κ3) is 22.0. The van der Waals surface area contributed by atoms with Crippen LogP contribution in [0.1, 0.15) is 97.8 Å². The molecule has 0 heterocycles. The summed E-state index contributed by atoms with van der Waals surface area (Å²) in [4.78, 5) is 126. The van der Waals surface area contributed by atoms with E-state index in [1.807, 2.05) is 33.8 Å². The number of hydrogen-bond donors (Lipinski definition) is 7. The van der Waals surface area contributed by atoms with Gasteiger partial charge in [0.1, 0.15) is 6.61 Å². The first-order valence-corrected chi connectivity index (χ1v) is 23.7. The van der Waals surface area contributed by atoms with Crippen LogP contribution in [0.2, 0.25) is 0 Å². The number of benzene rings is 3. The van der Waals surface area contributed by atoms with Gasteiger partial charge >= 0.3 is 6.09 Å². The highest BCUT2D eigenvalue weighted by Gasteiger charge is 2.34. The van der Waals surface area contributed by atoms with E-state index in [1.54, 1.807) is 113 Å². The minimum absolute atomic E-state index is 0.0159. The molecule has 8 atom stereocenters. The van der Waals surface area contributed by atoms with Gasteiger partial charge in [-0.05, 0) is 53.2 Å². The number of nitrogens with one attached hydrogen (secondary N) is 6. The average Bonchev–Trinajstić information content (AvgIpc) is 3.36. The minimum atomic E-state index is -1.43. The predicted molar refractivity (Wildman–Crippen MR) is 257 cm³/mol. The van der Waals surface area contributed by atoms with Crippen LogP contribution in [0.25, 0.3) is 0 Å². The van der Waals surface area contributed by atoms with Crippen LogP contribution in [0.4, 0.5) is 4.79 Å². The molecule has 0 bridgehead atoms. The third-order valence-electron chi connectivity index (χ3n) is 10.9. The molecular formula is C50H71N7O14. The van der Waals surface area contributed by atoms with E-state index in [9.17, 15) is 33.6 Å². The number of hydroxylamine groups is 6. The Bertz CT molecular complexity index is 2100. The molecule has 0 radical (unpaired) electrons. The van der Waals surface area contributed by atoms with E-state index in [2.05, 4.69) is 32.9 Å². The van der Waals surface area contributed by atoms with Crippen LogP contribution in [0.3, 0.4) is 0 Å². The number of carbonyl (C=O) groups excluding carboxylic acids is 7. The molecule has 8 N–H and O–H groups in total. The summed E-state index contributed by atoms with van der Waals surface area (Å²) >= 11 is 0. The number of ether oxygens (including phenoxy) is 1. The van der Waals surface area contributed by atoms with Crippen LogP contribution in [0, 0.1) is 23.7 Å². The molecule has 0 aliphatic carbocycles. The second-order valence-corrected chi connectivity index (χ2v) is 17.8. The Morgan fingerprint density at radius 1 is 0.437 bits per heavy atom. The molecule has 0 saturated heterocycles. The molecule has 0 aliphatic heterocycles. The molecule has 390 valence electrons. The van der Waals surface area contributed by atoms with Crippen LogP contribution in [-0.2, 0) is 82.0 Å². The van der Waals surface area contributed by atoms with Crippen molar-refractivity contribution < 1.29 is 67.3 Å². The van der Waals surface area contributed by atoms with Gasteiger partial charge in [0.05, 0.1) is 0 Å². The van der Waals surface area contributed by atoms with E-state index >= 15 is 0 Å². The standard InChI is InChI=1S/C50H71N7O14/c1-9-33(7)42(48(62)55-67-39(27-32(5)6)45(59)52-66-38(44(51)58)26-31(3)4)71-56-49(63)43(34(8)10-2)70-54-47(61)40(28-35-20-14-11-15-21-35)68-53-46(60)41(29-36-22-16-12-17-23-36)69-57-50(64)65-30-37-24-18-13-19-25-37/h11-25,31-34,38-43H,9-10,26-30H2,1-8H3,(H2,51,58)(H,52,59)(H,53,60)(H,54,61)(H,55,62)(H,56,63)(H,57,64)/t33-,34-,38-,39-,40-,41-,42-,43-/m1/s1. The Morgan fingerprint density at radius 3 is 1.20 bits per heavy atom. The van der Waals surface area contributed by atoms with Crippen LogP contribution in [0.5, 0.6) is 0 Å². The van der Waals surface area contributed by atoms with Gasteiger partial charge in [0, 0.05) is 12.8 Å². The summed E-state index contributed by atoms with van der Waals surface area (Å²) < 4.78 is 5.22. The molecule has 0 saturated carbocycles. The van der Waals surface area contributed by atoms with Crippen LogP contribution in [0.15, 0.2) is 91.0 Å². The van der Waals surface area contributed by atoms with Gasteiger partial charge in [-0.1, -0.05) is 159 Å². The Labute approximate surface area is 415 Å². The van der Waals surface area contributed by atoms with E-state index in [0.717, 1.165) is 5.56 Å². The first-order chi connectivity index (χ1) is 33.9. The van der Waals surface area contributed by atoms with E-state index in [-0.39, 0.29) is 44.1 Å². The van der Waals surface area contributed by atoms with Crippen molar-refractivity contribution in [3.05, 3.63) is 108 Å². The quantitative estimate of drug-likeness (QED) is 0.0426. The molecule has 0 fully saturated rings. The van der Waals surface area contributed by atoms with Gasteiger partial charge in [-0.2, -0.15) is 5.48 Å². The Hall–Kier alpha value is -6.49. The van der Waals surface area contributed by atoms with Gasteiger partial charge in [-0.15, -0.1) is 0 Å². The van der Waals surface area contributed by atoms with Crippen molar-refractivity contribution in [2.45, 2.75) is 137 Å². The number of rotatable bonds is 32. The van der Waals surface area contributed by atoms with Crippen molar-refractivity contribution >= 4 is 41.5 Å². The lowest BCUT2D eigenvalue weighted by atomic mass is 10.0. The summed E-state index contributed by atoms with van der Waals surface area (Å²) in [6.07, 6.45) is -7.67. The van der Waals surface area contributed by atoms with E-state index in [4.69, 9.17) is 39.5 Å². The molecule has 21 heteroatoms. The van der Waals surface area contributed by atoms with Crippen LogP contribution >= 0.6 is 0 Å². The van der Waals surface area contributed by atoms with Gasteiger partial charge < -0.3 is 10.5 Å². The van der Waals surface area contributed by atoms with Crippen molar-refractivity contribution in [1.82, 2.24) is 32.9 Å². The van der Waals surface area contributed by atoms with Gasteiger partial charge in [0.25, 0.3) is 29.5 Å². The summed E-state index contributed by atoms with van der Waals surface area (Å²) in [5, 5.41) is 0. The number of hydrogen-bond acceptors (Lipinski definition) is 14. The lowest BCUT2D eigenvalue weighted by molar-refractivity contribution is -0.179. The Kier molecular flexibility index (Phi) is 26.2. The second kappa shape index (κ2) is 31.7. The summed E-state index contributed by atoms with van der Waals surface area (Å²) in [5.74, 6) is -6.02. The van der Waals surface area contributed by atoms with Crippen LogP contribution < -0.4 is 38.6 Å². The summed E-state index contributed by atoms with van der Waals surface area (Å²) in [6, 6.07) is 26.6. The molecule has 3 rings (SSSR count). The van der Waals surface area contributed by atoms with Gasteiger partial charge in [-0.3, -0.25) is 57.8 Å². The highest BCUT2D eigenvalue weighted by molar-refractivity contribution is 5.85. The lowest BCUT2D eigenvalue weighted by Crippen LogP contribution is -2.51. The van der Waals surface area contributed by atoms with Crippen molar-refractivity contribution in [1.29, 1.82) is 0 Å². The largest absolute Gasteiger partial charge is 0.443 e. The number of primary amides is 1. The number of nitrogens with two attached hydrogens (primary N) is 1. The fourth-order valence-electron chi connectivity index (χ4n) is 6.42. The highest BCUT2D eigenvalue weighted by Crippen LogP contribution is 2.17. The molecule has 0 aliphatic rings. The zero-order chi connectivity index (χ0) is 52.3. The third-order valence-corrected chi connectivity index (χ3v) is 10.9. The molecule has 21 nitrogen and oxygen atoms in total. The maximum atomic E-state index is 13.8. The lowest BCUT2D eigenvalue weighted by Gasteiger charge is -2.27. The summed E-state index contributed by atoms with van der Waals surface area (Å²) in [7, 11) is 0. The maximum Gasteiger partial charge on any atom is 0.431 e. The second-order valence-electron chi connectivity index (χ2n) is 17.8. The van der Waals surface area contributed by atoms with Crippen molar-refractivity contribution in [3.8, 4) is 0 Å². The van der Waals surface area contributed by atoms with Crippen molar-refractivity contribution in [3.63, 3.8) is 0 Å². The zero-order valence-corrected chi connectivity index (χ0v) is 41.7. The Balaban J connectivity index is 1.69. The van der Waals surface area contributed by atoms with E-state index < -0.39 is 90.0 Å². The smallest absolute Gasteiger partial charge is 0.431 e. The zero-order valence-electron chi connectivity index (χ0n) is 41.7. The number of amides is 7. The normalized spacial score (nSPS) is 14.6. The topological polar surface area (TPSA) is 282 Å². The minimum Gasteiger partial charge on any atom is -0.443 e. The maximum absolute atomic E-state index is 13.8. The molecule has 3 aromatic rings. The molecular weight excluding hydrogens is 923 g/mol. The first kappa shape index (κ1) is 58.8. The first-order valence-electron chi connectivity index (χ1n) is 23.7. The summed E-state index contributed by atoms with van der Waals surface area (Å²) in [6.45, 7) is 14.3. The predicted octanol–water partition coefficient (Wildman–Crippen LogP) is 4.45. The molecule has 0 aromatic heterocycles. The van der Waals surface area contributed by atoms with Crippen LogP contribution in [-0.4, -0.2) is 78.2 Å². The Morgan fingerprint density at radius 2 is 0.775 bits per heavy atom. The fourth-order valence-corrected chi connectivity index (χ4v) is 6.42. The molecule has 0 spiro atoms. The molecule has 3 aromatic carbocycles.